The third-order valence-corrected chi connectivity index (χ3v) is 5.49. The second kappa shape index (κ2) is 11.2. The number of rotatable bonds is 10. The van der Waals surface area contributed by atoms with Gasteiger partial charge < -0.3 is 18.8 Å². The summed E-state index contributed by atoms with van der Waals surface area (Å²) in [4.78, 5) is 12.2. The highest BCUT2D eigenvalue weighted by Gasteiger charge is 2.16. The van der Waals surface area contributed by atoms with Gasteiger partial charge in [-0.15, -0.1) is 10.2 Å². The van der Waals surface area contributed by atoms with Gasteiger partial charge in [0.2, 0.25) is 0 Å². The number of ether oxygens (including phenoxy) is 3. The molecule has 9 nitrogen and oxygen atoms in total. The number of benzene rings is 2. The Morgan fingerprint density at radius 3 is 2.47 bits per heavy atom. The molecule has 0 fully saturated rings. The summed E-state index contributed by atoms with van der Waals surface area (Å²) in [5, 5.41) is 13.2. The van der Waals surface area contributed by atoms with E-state index in [1.165, 1.54) is 11.8 Å². The van der Waals surface area contributed by atoms with E-state index in [2.05, 4.69) is 20.7 Å². The molecule has 0 radical (unpaired) electrons. The van der Waals surface area contributed by atoms with Crippen LogP contribution in [0.5, 0.6) is 17.2 Å². The number of aromatic nitrogens is 3. The van der Waals surface area contributed by atoms with Crippen molar-refractivity contribution in [1.29, 1.82) is 0 Å². The molecule has 1 aromatic heterocycles. The predicted octanol–water partition coefficient (Wildman–Crippen LogP) is 3.23. The van der Waals surface area contributed by atoms with Crippen LogP contribution in [0.25, 0.3) is 11.4 Å². The summed E-state index contributed by atoms with van der Waals surface area (Å²) in [6.07, 6.45) is 1.58. The van der Waals surface area contributed by atoms with E-state index in [-0.39, 0.29) is 11.7 Å². The second-order valence-electron chi connectivity index (χ2n) is 6.48. The van der Waals surface area contributed by atoms with Crippen molar-refractivity contribution >= 4 is 23.9 Å². The molecule has 0 unspecified atom stereocenters. The maximum Gasteiger partial charge on any atom is 0.250 e. The predicted molar refractivity (Wildman–Crippen MR) is 124 cm³/mol. The van der Waals surface area contributed by atoms with E-state index >= 15 is 0 Å². The number of hydrogen-bond donors (Lipinski definition) is 1. The van der Waals surface area contributed by atoms with Gasteiger partial charge in [-0.2, -0.15) is 5.10 Å². The summed E-state index contributed by atoms with van der Waals surface area (Å²) >= 11 is 1.29. The summed E-state index contributed by atoms with van der Waals surface area (Å²) in [5.74, 6) is 2.62. The van der Waals surface area contributed by atoms with Crippen LogP contribution < -0.4 is 19.6 Å². The number of methoxy groups -OCH3 is 3. The molecule has 1 N–H and O–H groups in total. The lowest BCUT2D eigenvalue weighted by Crippen LogP contribution is -2.20. The Labute approximate surface area is 190 Å². The van der Waals surface area contributed by atoms with Gasteiger partial charge in [0, 0.05) is 12.1 Å². The largest absolute Gasteiger partial charge is 0.497 e. The number of carbonyl (C=O) groups is 1. The summed E-state index contributed by atoms with van der Waals surface area (Å²) < 4.78 is 17.7. The topological polar surface area (TPSA) is 99.9 Å². The highest BCUT2D eigenvalue weighted by atomic mass is 32.2. The van der Waals surface area contributed by atoms with Crippen molar-refractivity contribution in [2.45, 2.75) is 18.6 Å². The Kier molecular flexibility index (Phi) is 8.09. The maximum absolute atomic E-state index is 12.2. The first-order chi connectivity index (χ1) is 15.6. The summed E-state index contributed by atoms with van der Waals surface area (Å²) in [6.45, 7) is 2.65. The first kappa shape index (κ1) is 23.1. The van der Waals surface area contributed by atoms with Gasteiger partial charge in [0.05, 0.1) is 33.3 Å². The molecule has 0 atom stereocenters. The Hall–Kier alpha value is -3.53. The summed E-state index contributed by atoms with van der Waals surface area (Å²) in [5.41, 5.74) is 4.22. The standard InChI is InChI=1S/C22H25N5O4S/c1-5-27-21(16-8-11-18(30-3)19(12-16)31-4)25-26-22(27)32-14-20(28)24-23-13-15-6-9-17(29-2)10-7-15/h6-13H,5,14H2,1-4H3,(H,24,28)/b23-13-. The molecule has 0 bridgehead atoms. The Balaban J connectivity index is 1.62. The summed E-state index contributed by atoms with van der Waals surface area (Å²) in [7, 11) is 4.78. The van der Waals surface area contributed by atoms with Crippen molar-refractivity contribution in [3.63, 3.8) is 0 Å². The van der Waals surface area contributed by atoms with Crippen LogP contribution >= 0.6 is 11.8 Å². The summed E-state index contributed by atoms with van der Waals surface area (Å²) in [6, 6.07) is 12.9. The third kappa shape index (κ3) is 5.58. The van der Waals surface area contributed by atoms with E-state index in [4.69, 9.17) is 14.2 Å². The molecule has 2 aromatic carbocycles. The van der Waals surface area contributed by atoms with Gasteiger partial charge in [0.15, 0.2) is 22.5 Å². The maximum atomic E-state index is 12.2. The van der Waals surface area contributed by atoms with Crippen LogP contribution in [0.2, 0.25) is 0 Å². The molecule has 0 aliphatic carbocycles. The molecule has 0 spiro atoms. The average molecular weight is 456 g/mol. The minimum Gasteiger partial charge on any atom is -0.497 e. The molecule has 0 saturated carbocycles. The molecule has 3 rings (SSSR count). The molecule has 0 aliphatic rings. The van der Waals surface area contributed by atoms with E-state index in [0.29, 0.717) is 29.0 Å². The molecule has 3 aromatic rings. The molecule has 1 amide bonds. The minimum atomic E-state index is -0.238. The fourth-order valence-corrected chi connectivity index (χ4v) is 3.70. The third-order valence-electron chi connectivity index (χ3n) is 4.53. The number of nitrogens with zero attached hydrogens (tertiary/aromatic N) is 4. The number of carbonyl (C=O) groups excluding carboxylic acids is 1. The highest BCUT2D eigenvalue weighted by molar-refractivity contribution is 7.99. The van der Waals surface area contributed by atoms with Gasteiger partial charge in [-0.05, 0) is 55.0 Å². The molecule has 10 heteroatoms. The van der Waals surface area contributed by atoms with Crippen molar-refractivity contribution in [3.8, 4) is 28.6 Å². The number of hydrogen-bond acceptors (Lipinski definition) is 8. The van der Waals surface area contributed by atoms with E-state index in [1.807, 2.05) is 54.0 Å². The van der Waals surface area contributed by atoms with Gasteiger partial charge >= 0.3 is 0 Å². The first-order valence-corrected chi connectivity index (χ1v) is 10.8. The lowest BCUT2D eigenvalue weighted by molar-refractivity contribution is -0.118. The number of thioether (sulfide) groups is 1. The molecular formula is C22H25N5O4S. The number of hydrazone groups is 1. The van der Waals surface area contributed by atoms with Crippen molar-refractivity contribution in [2.75, 3.05) is 27.1 Å². The highest BCUT2D eigenvalue weighted by Crippen LogP contribution is 2.32. The Morgan fingerprint density at radius 2 is 1.81 bits per heavy atom. The Bertz CT molecular complexity index is 1080. The van der Waals surface area contributed by atoms with Gasteiger partial charge in [0.25, 0.3) is 5.91 Å². The molecule has 168 valence electrons. The van der Waals surface area contributed by atoms with E-state index in [9.17, 15) is 4.79 Å². The zero-order valence-electron chi connectivity index (χ0n) is 18.4. The van der Waals surface area contributed by atoms with Crippen LogP contribution in [0.15, 0.2) is 52.7 Å². The fraction of sp³-hybridized carbons (Fsp3) is 0.273. The van der Waals surface area contributed by atoms with Gasteiger partial charge in [-0.25, -0.2) is 5.43 Å². The average Bonchev–Trinajstić information content (AvgIpc) is 3.25. The van der Waals surface area contributed by atoms with Crippen molar-refractivity contribution < 1.29 is 19.0 Å². The normalized spacial score (nSPS) is 10.9. The van der Waals surface area contributed by atoms with Crippen LogP contribution in [-0.2, 0) is 11.3 Å². The van der Waals surface area contributed by atoms with Crippen LogP contribution in [0.3, 0.4) is 0 Å². The lowest BCUT2D eigenvalue weighted by Gasteiger charge is -2.10. The number of nitrogens with one attached hydrogen (secondary N) is 1. The number of amides is 1. The zero-order chi connectivity index (χ0) is 22.9. The molecule has 0 saturated heterocycles. The van der Waals surface area contributed by atoms with Crippen molar-refractivity contribution in [1.82, 2.24) is 20.2 Å². The SMILES string of the molecule is CCn1c(SCC(=O)N/N=C\c2ccc(OC)cc2)nnc1-c1ccc(OC)c(OC)c1. The first-order valence-electron chi connectivity index (χ1n) is 9.84. The van der Waals surface area contributed by atoms with E-state index < -0.39 is 0 Å². The monoisotopic (exact) mass is 455 g/mol. The van der Waals surface area contributed by atoms with Gasteiger partial charge in [0.1, 0.15) is 5.75 Å². The quantitative estimate of drug-likeness (QED) is 0.285. The van der Waals surface area contributed by atoms with Gasteiger partial charge in [-0.3, -0.25) is 4.79 Å². The second-order valence-corrected chi connectivity index (χ2v) is 7.42. The van der Waals surface area contributed by atoms with E-state index in [1.54, 1.807) is 27.5 Å². The van der Waals surface area contributed by atoms with Crippen molar-refractivity contribution in [3.05, 3.63) is 48.0 Å². The van der Waals surface area contributed by atoms with Crippen LogP contribution in [0, 0.1) is 0 Å². The lowest BCUT2D eigenvalue weighted by atomic mass is 10.2. The van der Waals surface area contributed by atoms with Crippen LogP contribution in [0.4, 0.5) is 0 Å². The minimum absolute atomic E-state index is 0.157. The van der Waals surface area contributed by atoms with E-state index in [0.717, 1.165) is 16.9 Å². The Morgan fingerprint density at radius 1 is 1.06 bits per heavy atom. The molecular weight excluding hydrogens is 430 g/mol. The fourth-order valence-electron chi connectivity index (χ4n) is 2.90. The van der Waals surface area contributed by atoms with Gasteiger partial charge in [-0.1, -0.05) is 11.8 Å². The van der Waals surface area contributed by atoms with Crippen molar-refractivity contribution in [2.24, 2.45) is 5.10 Å². The molecule has 0 aliphatic heterocycles. The molecule has 32 heavy (non-hydrogen) atoms. The zero-order valence-corrected chi connectivity index (χ0v) is 19.2. The van der Waals surface area contributed by atoms with Crippen LogP contribution in [0.1, 0.15) is 12.5 Å². The molecule has 1 heterocycles. The smallest absolute Gasteiger partial charge is 0.250 e. The van der Waals surface area contributed by atoms with Crippen LogP contribution in [-0.4, -0.2) is 54.0 Å².